The Bertz CT molecular complexity index is 945. The number of sulfonamides is 1. The van der Waals surface area contributed by atoms with Gasteiger partial charge in [-0.1, -0.05) is 6.07 Å². The maximum atomic E-state index is 12.2. The number of benzene rings is 2. The molecule has 1 amide bonds. The van der Waals surface area contributed by atoms with Gasteiger partial charge in [0.15, 0.2) is 0 Å². The Morgan fingerprint density at radius 2 is 1.77 bits per heavy atom. The summed E-state index contributed by atoms with van der Waals surface area (Å²) < 4.78 is 25.5. The second-order valence-corrected chi connectivity index (χ2v) is 8.00. The van der Waals surface area contributed by atoms with Crippen LogP contribution < -0.4 is 9.62 Å². The number of nitrogens with one attached hydrogen (secondary N) is 1. The first-order chi connectivity index (χ1) is 12.2. The summed E-state index contributed by atoms with van der Waals surface area (Å²) in [4.78, 5) is 12.2. The second kappa shape index (κ2) is 8.02. The summed E-state index contributed by atoms with van der Waals surface area (Å²) in [6, 6.07) is 13.9. The summed E-state index contributed by atoms with van der Waals surface area (Å²) in [6.07, 6.45) is 1.14. The molecule has 0 heterocycles. The molecule has 0 aromatic heterocycles. The van der Waals surface area contributed by atoms with Gasteiger partial charge in [0.05, 0.1) is 23.6 Å². The Morgan fingerprint density at radius 3 is 2.31 bits per heavy atom. The van der Waals surface area contributed by atoms with Crippen LogP contribution in [0.25, 0.3) is 0 Å². The first kappa shape index (κ1) is 19.5. The molecule has 136 valence electrons. The molecule has 2 aromatic rings. The Hall–Kier alpha value is -2.85. The molecule has 2 aromatic carbocycles. The normalized spacial score (nSPS) is 10.8. The highest BCUT2D eigenvalue weighted by Gasteiger charge is 2.19. The van der Waals surface area contributed by atoms with Crippen molar-refractivity contribution in [3.05, 3.63) is 59.2 Å². The van der Waals surface area contributed by atoms with E-state index in [4.69, 9.17) is 5.26 Å². The van der Waals surface area contributed by atoms with Crippen LogP contribution in [-0.4, -0.2) is 27.1 Å². The maximum Gasteiger partial charge on any atom is 0.232 e. The summed E-state index contributed by atoms with van der Waals surface area (Å²) in [5.41, 5.74) is 3.66. The third-order valence-corrected chi connectivity index (χ3v) is 5.21. The van der Waals surface area contributed by atoms with Crippen LogP contribution in [0.3, 0.4) is 0 Å². The number of carbonyl (C=O) groups is 1. The van der Waals surface area contributed by atoms with E-state index in [2.05, 4.69) is 5.32 Å². The number of amides is 1. The number of aryl methyl sites for hydroxylation is 2. The van der Waals surface area contributed by atoms with E-state index >= 15 is 0 Å². The lowest BCUT2D eigenvalue weighted by molar-refractivity contribution is -0.116. The molecule has 0 atom stereocenters. The van der Waals surface area contributed by atoms with Crippen LogP contribution >= 0.6 is 0 Å². The molecule has 0 saturated carbocycles. The fourth-order valence-electron chi connectivity index (χ4n) is 2.42. The monoisotopic (exact) mass is 371 g/mol. The minimum Gasteiger partial charge on any atom is -0.326 e. The van der Waals surface area contributed by atoms with Gasteiger partial charge >= 0.3 is 0 Å². The van der Waals surface area contributed by atoms with Gasteiger partial charge in [-0.3, -0.25) is 9.10 Å². The molecule has 1 N–H and O–H groups in total. The van der Waals surface area contributed by atoms with E-state index in [1.165, 1.54) is 4.31 Å². The fraction of sp³-hybridized carbons (Fsp3) is 0.263. The van der Waals surface area contributed by atoms with Crippen molar-refractivity contribution in [1.82, 2.24) is 0 Å². The Morgan fingerprint density at radius 1 is 1.12 bits per heavy atom. The van der Waals surface area contributed by atoms with Gasteiger partial charge in [-0.15, -0.1) is 0 Å². The van der Waals surface area contributed by atoms with Gasteiger partial charge < -0.3 is 5.32 Å². The lowest BCUT2D eigenvalue weighted by Gasteiger charge is -2.23. The molecule has 0 aliphatic carbocycles. The van der Waals surface area contributed by atoms with Crippen molar-refractivity contribution in [3.63, 3.8) is 0 Å². The van der Waals surface area contributed by atoms with Crippen LogP contribution in [0.1, 0.15) is 23.1 Å². The van der Waals surface area contributed by atoms with Crippen LogP contribution in [0.15, 0.2) is 42.5 Å². The average Bonchev–Trinajstić information content (AvgIpc) is 2.57. The molecule has 26 heavy (non-hydrogen) atoms. The molecule has 0 bridgehead atoms. The van der Waals surface area contributed by atoms with Gasteiger partial charge in [0.1, 0.15) is 0 Å². The molecule has 0 spiro atoms. The fourth-order valence-corrected chi connectivity index (χ4v) is 3.34. The van der Waals surface area contributed by atoms with Crippen molar-refractivity contribution in [3.8, 4) is 6.07 Å². The molecule has 7 heteroatoms. The second-order valence-electron chi connectivity index (χ2n) is 6.09. The topological polar surface area (TPSA) is 90.3 Å². The van der Waals surface area contributed by atoms with Crippen LogP contribution in [0.4, 0.5) is 11.4 Å². The summed E-state index contributed by atoms with van der Waals surface area (Å²) >= 11 is 0. The molecule has 0 fully saturated rings. The molecule has 0 aliphatic heterocycles. The van der Waals surface area contributed by atoms with Crippen LogP contribution in [0.2, 0.25) is 0 Å². The lowest BCUT2D eigenvalue weighted by atomic mass is 10.1. The Kier molecular flexibility index (Phi) is 6.01. The average molecular weight is 371 g/mol. The summed E-state index contributed by atoms with van der Waals surface area (Å²) in [7, 11) is -3.51. The van der Waals surface area contributed by atoms with E-state index in [9.17, 15) is 13.2 Å². The van der Waals surface area contributed by atoms with E-state index in [-0.39, 0.29) is 18.9 Å². The van der Waals surface area contributed by atoms with E-state index in [0.717, 1.165) is 17.4 Å². The molecule has 0 saturated heterocycles. The Labute approximate surface area is 154 Å². The van der Waals surface area contributed by atoms with E-state index in [1.54, 1.807) is 36.4 Å². The quantitative estimate of drug-likeness (QED) is 0.845. The highest BCUT2D eigenvalue weighted by Crippen LogP contribution is 2.21. The number of carbonyl (C=O) groups excluding carboxylic acids is 1. The molecule has 2 rings (SSSR count). The summed E-state index contributed by atoms with van der Waals surface area (Å²) in [5, 5.41) is 11.5. The largest absolute Gasteiger partial charge is 0.326 e. The van der Waals surface area contributed by atoms with Crippen LogP contribution in [0.5, 0.6) is 0 Å². The van der Waals surface area contributed by atoms with Gasteiger partial charge in [0.2, 0.25) is 15.9 Å². The van der Waals surface area contributed by atoms with E-state index in [1.807, 2.05) is 26.0 Å². The number of nitriles is 1. The van der Waals surface area contributed by atoms with E-state index in [0.29, 0.717) is 16.9 Å². The first-order valence-corrected chi connectivity index (χ1v) is 9.90. The van der Waals surface area contributed by atoms with Crippen molar-refractivity contribution in [2.45, 2.75) is 20.3 Å². The van der Waals surface area contributed by atoms with Gasteiger partial charge in [-0.05, 0) is 61.4 Å². The zero-order chi connectivity index (χ0) is 19.3. The van der Waals surface area contributed by atoms with Gasteiger partial charge in [-0.2, -0.15) is 5.26 Å². The van der Waals surface area contributed by atoms with Crippen molar-refractivity contribution in [1.29, 1.82) is 5.26 Å². The van der Waals surface area contributed by atoms with Gasteiger partial charge in [0.25, 0.3) is 0 Å². The van der Waals surface area contributed by atoms with Crippen LogP contribution in [0, 0.1) is 25.2 Å². The zero-order valence-electron chi connectivity index (χ0n) is 15.0. The van der Waals surface area contributed by atoms with Gasteiger partial charge in [0, 0.05) is 18.7 Å². The standard InChI is InChI=1S/C19H21N3O3S/c1-14-4-9-18(12-15(14)2)22(26(3,24)25)11-10-19(23)21-17-7-5-16(13-20)6-8-17/h4-9,12H,10-11H2,1-3H3,(H,21,23). The summed E-state index contributed by atoms with van der Waals surface area (Å²) in [5.74, 6) is -0.299. The predicted molar refractivity (Wildman–Crippen MR) is 103 cm³/mol. The highest BCUT2D eigenvalue weighted by molar-refractivity contribution is 7.92. The van der Waals surface area contributed by atoms with E-state index < -0.39 is 10.0 Å². The molecule has 0 unspecified atom stereocenters. The van der Waals surface area contributed by atoms with Gasteiger partial charge in [-0.25, -0.2) is 8.42 Å². The predicted octanol–water partition coefficient (Wildman–Crippen LogP) is 2.97. The first-order valence-electron chi connectivity index (χ1n) is 8.05. The molecule has 0 aliphatic rings. The third kappa shape index (κ3) is 5.07. The number of hydrogen-bond acceptors (Lipinski definition) is 4. The minimum absolute atomic E-state index is 0.0139. The number of rotatable bonds is 6. The molecular weight excluding hydrogens is 350 g/mol. The van der Waals surface area contributed by atoms with Crippen molar-refractivity contribution < 1.29 is 13.2 Å². The summed E-state index contributed by atoms with van der Waals surface area (Å²) in [6.45, 7) is 3.91. The third-order valence-electron chi connectivity index (χ3n) is 4.02. The SMILES string of the molecule is Cc1ccc(N(CCC(=O)Nc2ccc(C#N)cc2)S(C)(=O)=O)cc1C. The van der Waals surface area contributed by atoms with Crippen molar-refractivity contribution >= 4 is 27.3 Å². The number of hydrogen-bond donors (Lipinski definition) is 1. The molecule has 0 radical (unpaired) electrons. The molecular formula is C19H21N3O3S. The zero-order valence-corrected chi connectivity index (χ0v) is 15.8. The molecule has 6 nitrogen and oxygen atoms in total. The van der Waals surface area contributed by atoms with Crippen molar-refractivity contribution in [2.75, 3.05) is 22.4 Å². The number of nitrogens with zero attached hydrogens (tertiary/aromatic N) is 2. The number of anilines is 2. The highest BCUT2D eigenvalue weighted by atomic mass is 32.2. The van der Waals surface area contributed by atoms with Crippen molar-refractivity contribution in [2.24, 2.45) is 0 Å². The minimum atomic E-state index is -3.51. The Balaban J connectivity index is 2.08. The van der Waals surface area contributed by atoms with Crippen LogP contribution in [-0.2, 0) is 14.8 Å². The lowest BCUT2D eigenvalue weighted by Crippen LogP contribution is -2.33. The maximum absolute atomic E-state index is 12.2. The smallest absolute Gasteiger partial charge is 0.232 e.